The molecule has 0 aliphatic rings. The molecule has 104 valence electrons. The molecule has 0 bridgehead atoms. The number of carbonyl (C=O) groups is 2. The Morgan fingerprint density at radius 2 is 1.74 bits per heavy atom. The molecule has 1 unspecified atom stereocenters. The number of benzene rings is 1. The average molecular weight is 264 g/mol. The fourth-order valence-electron chi connectivity index (χ4n) is 1.62. The first-order valence-electron chi connectivity index (χ1n) is 6.24. The van der Waals surface area contributed by atoms with Crippen LogP contribution in [0.2, 0.25) is 0 Å². The van der Waals surface area contributed by atoms with E-state index in [1.54, 1.807) is 31.2 Å². The lowest BCUT2D eigenvalue weighted by Crippen LogP contribution is -2.28. The maximum Gasteiger partial charge on any atom is 0.335 e. The summed E-state index contributed by atoms with van der Waals surface area (Å²) >= 11 is 0. The van der Waals surface area contributed by atoms with Crippen LogP contribution < -0.4 is 0 Å². The summed E-state index contributed by atoms with van der Waals surface area (Å²) in [5.41, 5.74) is 0.676. The first-order valence-corrected chi connectivity index (χ1v) is 6.24. The van der Waals surface area contributed by atoms with Crippen molar-refractivity contribution in [3.8, 4) is 0 Å². The molecule has 0 amide bonds. The van der Waals surface area contributed by atoms with Gasteiger partial charge in [0.1, 0.15) is 5.60 Å². The average Bonchev–Trinajstić information content (AvgIpc) is 2.27. The number of ether oxygens (including phenoxy) is 1. The summed E-state index contributed by atoms with van der Waals surface area (Å²) in [6.07, 6.45) is 0.537. The van der Waals surface area contributed by atoms with Crippen LogP contribution in [0.5, 0.6) is 0 Å². The summed E-state index contributed by atoms with van der Waals surface area (Å²) in [6, 6.07) is 6.54. The second kappa shape index (κ2) is 5.87. The zero-order valence-corrected chi connectivity index (χ0v) is 11.8. The van der Waals surface area contributed by atoms with Gasteiger partial charge in [-0.1, -0.05) is 19.1 Å². The third-order valence-corrected chi connectivity index (χ3v) is 2.55. The molecule has 0 aliphatic carbocycles. The Morgan fingerprint density at radius 3 is 2.16 bits per heavy atom. The van der Waals surface area contributed by atoms with Crippen LogP contribution >= 0.6 is 0 Å². The van der Waals surface area contributed by atoms with Crippen LogP contribution in [0.1, 0.15) is 43.6 Å². The van der Waals surface area contributed by atoms with Gasteiger partial charge in [-0.05, 0) is 44.9 Å². The van der Waals surface area contributed by atoms with E-state index in [0.717, 1.165) is 5.56 Å². The molecule has 0 radical (unpaired) electrons. The predicted octanol–water partition coefficient (Wildman–Crippen LogP) is 2.91. The van der Waals surface area contributed by atoms with Crippen molar-refractivity contribution >= 4 is 11.9 Å². The first-order chi connectivity index (χ1) is 8.69. The summed E-state index contributed by atoms with van der Waals surface area (Å²) in [5, 5.41) is 8.80. The Morgan fingerprint density at radius 1 is 1.21 bits per heavy atom. The molecule has 1 atom stereocenters. The van der Waals surface area contributed by atoms with E-state index in [-0.39, 0.29) is 17.5 Å². The largest absolute Gasteiger partial charge is 0.478 e. The van der Waals surface area contributed by atoms with Gasteiger partial charge in [0.2, 0.25) is 0 Å². The molecular formula is C15H20O4. The predicted molar refractivity (Wildman–Crippen MR) is 72.1 cm³/mol. The minimum Gasteiger partial charge on any atom is -0.478 e. The topological polar surface area (TPSA) is 63.6 Å². The van der Waals surface area contributed by atoms with Crippen molar-refractivity contribution in [2.75, 3.05) is 0 Å². The maximum atomic E-state index is 11.8. The van der Waals surface area contributed by atoms with Crippen molar-refractivity contribution in [2.45, 2.75) is 39.7 Å². The highest BCUT2D eigenvalue weighted by atomic mass is 16.6. The number of hydrogen-bond donors (Lipinski definition) is 1. The summed E-state index contributed by atoms with van der Waals surface area (Å²) in [5.74, 6) is -1.45. The summed E-state index contributed by atoms with van der Waals surface area (Å²) < 4.78 is 5.30. The van der Waals surface area contributed by atoms with Gasteiger partial charge in [-0.15, -0.1) is 0 Å². The molecule has 1 aromatic rings. The van der Waals surface area contributed by atoms with Crippen molar-refractivity contribution in [1.82, 2.24) is 0 Å². The highest BCUT2D eigenvalue weighted by Gasteiger charge is 2.21. The van der Waals surface area contributed by atoms with E-state index < -0.39 is 11.6 Å². The standard InChI is InChI=1S/C15H20O4/c1-10(14(18)19-15(2,3)4)9-11-5-7-12(8-6-11)13(16)17/h5-8,10H,9H2,1-4H3,(H,16,17). The Kier molecular flexibility index (Phi) is 4.70. The highest BCUT2D eigenvalue weighted by Crippen LogP contribution is 2.15. The van der Waals surface area contributed by atoms with Crippen LogP contribution in [0, 0.1) is 5.92 Å². The molecular weight excluding hydrogens is 244 g/mol. The van der Waals surface area contributed by atoms with Crippen molar-refractivity contribution in [3.05, 3.63) is 35.4 Å². The van der Waals surface area contributed by atoms with Gasteiger partial charge in [-0.3, -0.25) is 4.79 Å². The summed E-state index contributed by atoms with van der Waals surface area (Å²) in [6.45, 7) is 7.30. The molecule has 1 rings (SSSR count). The second-order valence-corrected chi connectivity index (χ2v) is 5.64. The molecule has 0 saturated heterocycles. The van der Waals surface area contributed by atoms with E-state index in [1.807, 2.05) is 20.8 Å². The van der Waals surface area contributed by atoms with E-state index in [9.17, 15) is 9.59 Å². The number of carboxylic acids is 1. The highest BCUT2D eigenvalue weighted by molar-refractivity contribution is 5.87. The van der Waals surface area contributed by atoms with Gasteiger partial charge in [0, 0.05) is 0 Å². The van der Waals surface area contributed by atoms with Crippen molar-refractivity contribution < 1.29 is 19.4 Å². The molecule has 4 heteroatoms. The van der Waals surface area contributed by atoms with Gasteiger partial charge in [0.15, 0.2) is 0 Å². The zero-order valence-electron chi connectivity index (χ0n) is 11.8. The first kappa shape index (κ1) is 15.2. The minimum absolute atomic E-state index is 0.241. The number of esters is 1. The number of rotatable bonds is 4. The summed E-state index contributed by atoms with van der Waals surface area (Å²) in [7, 11) is 0. The van der Waals surface area contributed by atoms with Gasteiger partial charge in [0.05, 0.1) is 11.5 Å². The molecule has 4 nitrogen and oxygen atoms in total. The van der Waals surface area contributed by atoms with Crippen molar-refractivity contribution in [2.24, 2.45) is 5.92 Å². The fourth-order valence-corrected chi connectivity index (χ4v) is 1.62. The molecule has 19 heavy (non-hydrogen) atoms. The third kappa shape index (κ3) is 5.12. The number of hydrogen-bond acceptors (Lipinski definition) is 3. The van der Waals surface area contributed by atoms with Gasteiger partial charge < -0.3 is 9.84 Å². The zero-order chi connectivity index (χ0) is 14.6. The van der Waals surface area contributed by atoms with E-state index in [2.05, 4.69) is 0 Å². The molecule has 0 aromatic heterocycles. The Bertz CT molecular complexity index is 454. The van der Waals surface area contributed by atoms with Crippen molar-refractivity contribution in [3.63, 3.8) is 0 Å². The van der Waals surface area contributed by atoms with Crippen molar-refractivity contribution in [1.29, 1.82) is 0 Å². The third-order valence-electron chi connectivity index (χ3n) is 2.55. The van der Waals surface area contributed by atoms with Crippen LogP contribution in [-0.2, 0) is 16.0 Å². The van der Waals surface area contributed by atoms with Gasteiger partial charge in [0.25, 0.3) is 0 Å². The van der Waals surface area contributed by atoms with Crippen LogP contribution in [-0.4, -0.2) is 22.6 Å². The normalized spacial score (nSPS) is 12.8. The van der Waals surface area contributed by atoms with Gasteiger partial charge >= 0.3 is 11.9 Å². The quantitative estimate of drug-likeness (QED) is 0.849. The van der Waals surface area contributed by atoms with Crippen LogP contribution in [0.4, 0.5) is 0 Å². The molecule has 0 fully saturated rings. The SMILES string of the molecule is CC(Cc1ccc(C(=O)O)cc1)C(=O)OC(C)(C)C. The summed E-state index contributed by atoms with van der Waals surface area (Å²) in [4.78, 5) is 22.5. The van der Waals surface area contributed by atoms with Crippen LogP contribution in [0.25, 0.3) is 0 Å². The lowest BCUT2D eigenvalue weighted by atomic mass is 10.00. The number of carbonyl (C=O) groups excluding carboxylic acids is 1. The minimum atomic E-state index is -0.952. The van der Waals surface area contributed by atoms with Gasteiger partial charge in [-0.2, -0.15) is 0 Å². The Hall–Kier alpha value is -1.84. The number of carboxylic acid groups (broad SMARTS) is 1. The van der Waals surface area contributed by atoms with E-state index in [1.165, 1.54) is 0 Å². The molecule has 0 spiro atoms. The second-order valence-electron chi connectivity index (χ2n) is 5.64. The van der Waals surface area contributed by atoms with Crippen LogP contribution in [0.15, 0.2) is 24.3 Å². The molecule has 1 N–H and O–H groups in total. The molecule has 0 aliphatic heterocycles. The van der Waals surface area contributed by atoms with E-state index in [4.69, 9.17) is 9.84 Å². The molecule has 1 aromatic carbocycles. The lowest BCUT2D eigenvalue weighted by Gasteiger charge is -2.22. The number of aromatic carboxylic acids is 1. The monoisotopic (exact) mass is 264 g/mol. The molecule has 0 heterocycles. The molecule has 0 saturated carbocycles. The van der Waals surface area contributed by atoms with E-state index >= 15 is 0 Å². The van der Waals surface area contributed by atoms with Gasteiger partial charge in [-0.25, -0.2) is 4.79 Å². The Balaban J connectivity index is 2.64. The van der Waals surface area contributed by atoms with E-state index in [0.29, 0.717) is 6.42 Å². The Labute approximate surface area is 113 Å². The van der Waals surface area contributed by atoms with Crippen LogP contribution in [0.3, 0.4) is 0 Å². The maximum absolute atomic E-state index is 11.8. The lowest BCUT2D eigenvalue weighted by molar-refractivity contribution is -0.159. The smallest absolute Gasteiger partial charge is 0.335 e. The fraction of sp³-hybridized carbons (Fsp3) is 0.467.